The van der Waals surface area contributed by atoms with Crippen LogP contribution in [0.5, 0.6) is 17.2 Å². The van der Waals surface area contributed by atoms with Gasteiger partial charge in [-0.3, -0.25) is 4.79 Å². The lowest BCUT2D eigenvalue weighted by atomic mass is 10.3. The molecule has 0 N–H and O–H groups in total. The highest BCUT2D eigenvalue weighted by molar-refractivity contribution is 5.77. The van der Waals surface area contributed by atoms with Crippen LogP contribution in [-0.4, -0.2) is 37.3 Å². The number of benzene rings is 1. The van der Waals surface area contributed by atoms with E-state index in [1.165, 1.54) is 0 Å². The van der Waals surface area contributed by atoms with Gasteiger partial charge >= 0.3 is 0 Å². The summed E-state index contributed by atoms with van der Waals surface area (Å²) in [6.45, 7) is 5.88. The van der Waals surface area contributed by atoms with Gasteiger partial charge in [0.05, 0.1) is 0 Å². The van der Waals surface area contributed by atoms with Crippen LogP contribution in [0.3, 0.4) is 0 Å². The SMILES string of the molecule is CCCCN(CC)C(=O)COc1ccc2c(c1)OCO2. The molecule has 110 valence electrons. The Kier molecular flexibility index (Phi) is 5.09. The number of hydrogen-bond acceptors (Lipinski definition) is 4. The minimum Gasteiger partial charge on any atom is -0.484 e. The molecular formula is C15H21NO4. The van der Waals surface area contributed by atoms with Crippen molar-refractivity contribution >= 4 is 5.91 Å². The van der Waals surface area contributed by atoms with Gasteiger partial charge in [0.1, 0.15) is 5.75 Å². The molecule has 1 aliphatic heterocycles. The number of fused-ring (bicyclic) bond motifs is 1. The van der Waals surface area contributed by atoms with E-state index in [9.17, 15) is 4.79 Å². The first-order valence-corrected chi connectivity index (χ1v) is 7.04. The van der Waals surface area contributed by atoms with E-state index in [0.29, 0.717) is 23.8 Å². The molecular weight excluding hydrogens is 258 g/mol. The van der Waals surface area contributed by atoms with Crippen molar-refractivity contribution in [2.45, 2.75) is 26.7 Å². The van der Waals surface area contributed by atoms with Crippen LogP contribution in [0.1, 0.15) is 26.7 Å². The molecule has 0 atom stereocenters. The van der Waals surface area contributed by atoms with Crippen molar-refractivity contribution in [3.63, 3.8) is 0 Å². The molecule has 1 aromatic carbocycles. The van der Waals surface area contributed by atoms with E-state index in [2.05, 4.69) is 6.92 Å². The van der Waals surface area contributed by atoms with Crippen molar-refractivity contribution in [3.05, 3.63) is 18.2 Å². The highest BCUT2D eigenvalue weighted by Crippen LogP contribution is 2.35. The molecule has 20 heavy (non-hydrogen) atoms. The van der Waals surface area contributed by atoms with Gasteiger partial charge in [0.15, 0.2) is 18.1 Å². The Morgan fingerprint density at radius 2 is 2.10 bits per heavy atom. The Labute approximate surface area is 119 Å². The summed E-state index contributed by atoms with van der Waals surface area (Å²) in [4.78, 5) is 13.8. The van der Waals surface area contributed by atoms with Gasteiger partial charge in [-0.15, -0.1) is 0 Å². The van der Waals surface area contributed by atoms with Crippen molar-refractivity contribution in [1.29, 1.82) is 0 Å². The molecule has 0 aliphatic carbocycles. The Hall–Kier alpha value is -1.91. The summed E-state index contributed by atoms with van der Waals surface area (Å²) in [6.07, 6.45) is 2.09. The van der Waals surface area contributed by atoms with Gasteiger partial charge in [-0.1, -0.05) is 13.3 Å². The lowest BCUT2D eigenvalue weighted by molar-refractivity contribution is -0.133. The Bertz CT molecular complexity index is 461. The molecule has 0 unspecified atom stereocenters. The molecule has 0 aromatic heterocycles. The molecule has 0 spiro atoms. The third-order valence-corrected chi connectivity index (χ3v) is 3.22. The predicted octanol–water partition coefficient (Wildman–Crippen LogP) is 2.44. The molecule has 0 bridgehead atoms. The summed E-state index contributed by atoms with van der Waals surface area (Å²) in [7, 11) is 0. The first kappa shape index (κ1) is 14.5. The second-order valence-corrected chi connectivity index (χ2v) is 4.63. The summed E-state index contributed by atoms with van der Waals surface area (Å²) in [6, 6.07) is 5.32. The van der Waals surface area contributed by atoms with E-state index in [1.54, 1.807) is 18.2 Å². The van der Waals surface area contributed by atoms with Crippen LogP contribution in [0.15, 0.2) is 18.2 Å². The molecule has 0 saturated heterocycles. The van der Waals surface area contributed by atoms with Crippen molar-refractivity contribution in [2.24, 2.45) is 0 Å². The fourth-order valence-electron chi connectivity index (χ4n) is 2.01. The van der Waals surface area contributed by atoms with E-state index in [0.717, 1.165) is 19.4 Å². The topological polar surface area (TPSA) is 48.0 Å². The fraction of sp³-hybridized carbons (Fsp3) is 0.533. The van der Waals surface area contributed by atoms with Crippen LogP contribution in [0.25, 0.3) is 0 Å². The van der Waals surface area contributed by atoms with Crippen LogP contribution in [0, 0.1) is 0 Å². The van der Waals surface area contributed by atoms with Crippen molar-refractivity contribution in [3.8, 4) is 17.2 Å². The van der Waals surface area contributed by atoms with Gasteiger partial charge in [-0.2, -0.15) is 0 Å². The third-order valence-electron chi connectivity index (χ3n) is 3.22. The van der Waals surface area contributed by atoms with Crippen molar-refractivity contribution in [2.75, 3.05) is 26.5 Å². The minimum absolute atomic E-state index is 0.0126. The number of rotatable bonds is 7. The number of carbonyl (C=O) groups is 1. The van der Waals surface area contributed by atoms with Crippen LogP contribution in [-0.2, 0) is 4.79 Å². The summed E-state index contributed by atoms with van der Waals surface area (Å²) >= 11 is 0. The number of carbonyl (C=O) groups excluding carboxylic acids is 1. The number of likely N-dealkylation sites (N-methyl/N-ethyl adjacent to an activating group) is 1. The van der Waals surface area contributed by atoms with Crippen LogP contribution < -0.4 is 14.2 Å². The predicted molar refractivity (Wildman–Crippen MR) is 75.2 cm³/mol. The largest absolute Gasteiger partial charge is 0.484 e. The minimum atomic E-state index is 0.0126. The standard InChI is InChI=1S/C15H21NO4/c1-3-5-8-16(4-2)15(17)10-18-12-6-7-13-14(9-12)20-11-19-13/h6-7,9H,3-5,8,10-11H2,1-2H3. The van der Waals surface area contributed by atoms with Gasteiger partial charge in [0, 0.05) is 19.2 Å². The monoisotopic (exact) mass is 279 g/mol. The molecule has 0 saturated carbocycles. The lowest BCUT2D eigenvalue weighted by Crippen LogP contribution is -2.35. The Morgan fingerprint density at radius 3 is 2.85 bits per heavy atom. The summed E-state index contributed by atoms with van der Waals surface area (Å²) in [5, 5.41) is 0. The van der Waals surface area contributed by atoms with Crippen LogP contribution in [0.2, 0.25) is 0 Å². The van der Waals surface area contributed by atoms with E-state index >= 15 is 0 Å². The van der Waals surface area contributed by atoms with Gasteiger partial charge in [0.2, 0.25) is 6.79 Å². The Morgan fingerprint density at radius 1 is 1.30 bits per heavy atom. The van der Waals surface area contributed by atoms with Gasteiger partial charge in [-0.25, -0.2) is 0 Å². The first-order chi connectivity index (χ1) is 9.74. The molecule has 2 rings (SSSR count). The maximum Gasteiger partial charge on any atom is 0.260 e. The maximum absolute atomic E-state index is 12.0. The van der Waals surface area contributed by atoms with E-state index in [-0.39, 0.29) is 19.3 Å². The zero-order valence-corrected chi connectivity index (χ0v) is 12.1. The fourth-order valence-corrected chi connectivity index (χ4v) is 2.01. The van der Waals surface area contributed by atoms with Crippen molar-refractivity contribution in [1.82, 2.24) is 4.90 Å². The summed E-state index contributed by atoms with van der Waals surface area (Å²) in [5.41, 5.74) is 0. The van der Waals surface area contributed by atoms with Crippen LogP contribution >= 0.6 is 0 Å². The maximum atomic E-state index is 12.0. The number of amides is 1. The highest BCUT2D eigenvalue weighted by Gasteiger charge is 2.15. The summed E-state index contributed by atoms with van der Waals surface area (Å²) in [5.74, 6) is 2.00. The van der Waals surface area contributed by atoms with Gasteiger partial charge in [0.25, 0.3) is 5.91 Å². The van der Waals surface area contributed by atoms with Crippen LogP contribution in [0.4, 0.5) is 0 Å². The molecule has 1 amide bonds. The van der Waals surface area contributed by atoms with E-state index < -0.39 is 0 Å². The highest BCUT2D eigenvalue weighted by atomic mass is 16.7. The molecule has 0 radical (unpaired) electrons. The molecule has 5 heteroatoms. The third kappa shape index (κ3) is 3.56. The summed E-state index contributed by atoms with van der Waals surface area (Å²) < 4.78 is 16.0. The number of nitrogens with zero attached hydrogens (tertiary/aromatic N) is 1. The van der Waals surface area contributed by atoms with Gasteiger partial charge < -0.3 is 19.1 Å². The lowest BCUT2D eigenvalue weighted by Gasteiger charge is -2.20. The van der Waals surface area contributed by atoms with E-state index in [4.69, 9.17) is 14.2 Å². The normalized spacial score (nSPS) is 12.3. The molecule has 5 nitrogen and oxygen atoms in total. The quantitative estimate of drug-likeness (QED) is 0.769. The second-order valence-electron chi connectivity index (χ2n) is 4.63. The second kappa shape index (κ2) is 7.03. The molecule has 1 aromatic rings. The molecule has 1 aliphatic rings. The number of unbranched alkanes of at least 4 members (excludes halogenated alkanes) is 1. The average molecular weight is 279 g/mol. The zero-order chi connectivity index (χ0) is 14.4. The van der Waals surface area contributed by atoms with E-state index in [1.807, 2.05) is 11.8 Å². The van der Waals surface area contributed by atoms with Gasteiger partial charge in [-0.05, 0) is 25.5 Å². The first-order valence-electron chi connectivity index (χ1n) is 7.04. The number of hydrogen-bond donors (Lipinski definition) is 0. The molecule has 0 fully saturated rings. The Balaban J connectivity index is 1.86. The molecule has 1 heterocycles. The zero-order valence-electron chi connectivity index (χ0n) is 12.1. The van der Waals surface area contributed by atoms with Crippen molar-refractivity contribution < 1.29 is 19.0 Å². The smallest absolute Gasteiger partial charge is 0.260 e. The average Bonchev–Trinajstić information content (AvgIpc) is 2.93. The number of ether oxygens (including phenoxy) is 3.